The highest BCUT2D eigenvalue weighted by Gasteiger charge is 2.31. The van der Waals surface area contributed by atoms with Crippen LogP contribution in [0.4, 0.5) is 5.69 Å². The van der Waals surface area contributed by atoms with Gasteiger partial charge in [-0.15, -0.1) is 0 Å². The van der Waals surface area contributed by atoms with Gasteiger partial charge in [0.25, 0.3) is 5.91 Å². The van der Waals surface area contributed by atoms with Gasteiger partial charge in [-0.3, -0.25) is 9.59 Å². The van der Waals surface area contributed by atoms with Crippen molar-refractivity contribution in [1.82, 2.24) is 5.32 Å². The van der Waals surface area contributed by atoms with Crippen LogP contribution in [-0.4, -0.2) is 32.0 Å². The predicted octanol–water partition coefficient (Wildman–Crippen LogP) is 3.78. The number of amides is 2. The topological polar surface area (TPSA) is 58.6 Å². The van der Waals surface area contributed by atoms with Gasteiger partial charge in [0.1, 0.15) is 5.56 Å². The van der Waals surface area contributed by atoms with Crippen molar-refractivity contribution in [2.45, 2.75) is 6.42 Å². The molecule has 1 atom stereocenters. The largest absolute Gasteiger partial charge is 0.494 e. The average molecular weight is 393 g/mol. The second-order valence-electron chi connectivity index (χ2n) is 6.06. The van der Waals surface area contributed by atoms with E-state index >= 15 is 0 Å². The summed E-state index contributed by atoms with van der Waals surface area (Å²) in [5.41, 5.74) is 1.07. The normalized spacial score (nSPS) is 16.7. The number of anilines is 1. The van der Waals surface area contributed by atoms with Gasteiger partial charge in [0.15, 0.2) is 5.75 Å². The molecular formula is C19H18Cl2N2O3. The number of ether oxygens (including phenoxy) is 1. The van der Waals surface area contributed by atoms with Crippen molar-refractivity contribution >= 4 is 40.7 Å². The van der Waals surface area contributed by atoms with Crippen LogP contribution >= 0.6 is 23.2 Å². The predicted molar refractivity (Wildman–Crippen MR) is 102 cm³/mol. The molecule has 1 fully saturated rings. The number of methoxy groups -OCH3 is 1. The molecule has 1 heterocycles. The summed E-state index contributed by atoms with van der Waals surface area (Å²) in [5.74, 6) is -0.0607. The molecule has 0 spiro atoms. The first-order chi connectivity index (χ1) is 12.5. The van der Waals surface area contributed by atoms with Crippen LogP contribution in [0.1, 0.15) is 16.8 Å². The third-order valence-electron chi connectivity index (χ3n) is 4.31. The van der Waals surface area contributed by atoms with E-state index < -0.39 is 0 Å². The van der Waals surface area contributed by atoms with Crippen LogP contribution in [0, 0.1) is 5.92 Å². The second kappa shape index (κ2) is 7.98. The van der Waals surface area contributed by atoms with E-state index in [2.05, 4.69) is 5.32 Å². The van der Waals surface area contributed by atoms with Crippen molar-refractivity contribution < 1.29 is 14.3 Å². The Bertz CT molecular complexity index is 827. The van der Waals surface area contributed by atoms with E-state index in [1.54, 1.807) is 17.0 Å². The molecule has 5 nitrogen and oxygen atoms in total. The number of carbonyl (C=O) groups excluding carboxylic acids is 2. The minimum Gasteiger partial charge on any atom is -0.494 e. The summed E-state index contributed by atoms with van der Waals surface area (Å²) < 4.78 is 5.20. The minimum atomic E-state index is -0.375. The first-order valence-corrected chi connectivity index (χ1v) is 8.92. The molecule has 1 saturated heterocycles. The molecule has 1 unspecified atom stereocenters. The third kappa shape index (κ3) is 3.79. The Hall–Kier alpha value is -2.24. The Labute approximate surface area is 161 Å². The molecule has 136 valence electrons. The molecule has 1 aliphatic heterocycles. The molecule has 0 bridgehead atoms. The van der Waals surface area contributed by atoms with Gasteiger partial charge in [-0.25, -0.2) is 0 Å². The summed E-state index contributed by atoms with van der Waals surface area (Å²) in [6.45, 7) is 0.920. The zero-order chi connectivity index (χ0) is 18.7. The summed E-state index contributed by atoms with van der Waals surface area (Å²) in [4.78, 5) is 26.5. The molecule has 7 heteroatoms. The zero-order valence-electron chi connectivity index (χ0n) is 14.2. The smallest absolute Gasteiger partial charge is 0.256 e. The van der Waals surface area contributed by atoms with E-state index in [0.29, 0.717) is 24.5 Å². The van der Waals surface area contributed by atoms with Gasteiger partial charge >= 0.3 is 0 Å². The lowest BCUT2D eigenvalue weighted by molar-refractivity contribution is -0.117. The highest BCUT2D eigenvalue weighted by Crippen LogP contribution is 2.34. The van der Waals surface area contributed by atoms with Crippen LogP contribution in [-0.2, 0) is 4.79 Å². The first-order valence-electron chi connectivity index (χ1n) is 8.17. The maximum absolute atomic E-state index is 12.6. The first kappa shape index (κ1) is 18.5. The molecule has 2 amide bonds. The van der Waals surface area contributed by atoms with Gasteiger partial charge in [-0.2, -0.15) is 0 Å². The fourth-order valence-electron chi connectivity index (χ4n) is 3.05. The number of hydrogen-bond donors (Lipinski definition) is 1. The third-order valence-corrected chi connectivity index (χ3v) is 4.93. The van der Waals surface area contributed by atoms with Crippen LogP contribution in [0.15, 0.2) is 42.5 Å². The number of halogens is 2. The highest BCUT2D eigenvalue weighted by molar-refractivity contribution is 6.37. The van der Waals surface area contributed by atoms with Crippen molar-refractivity contribution in [1.29, 1.82) is 0 Å². The molecule has 26 heavy (non-hydrogen) atoms. The van der Waals surface area contributed by atoms with Crippen LogP contribution in [0.25, 0.3) is 0 Å². The van der Waals surface area contributed by atoms with Gasteiger partial charge in [-0.1, -0.05) is 41.4 Å². The lowest BCUT2D eigenvalue weighted by atomic mass is 10.1. The van der Waals surface area contributed by atoms with E-state index in [4.69, 9.17) is 27.9 Å². The van der Waals surface area contributed by atoms with Crippen LogP contribution < -0.4 is 15.0 Å². The number of hydrogen-bond acceptors (Lipinski definition) is 3. The molecular weight excluding hydrogens is 375 g/mol. The number of nitrogens with zero attached hydrogens (tertiary/aromatic N) is 1. The Kier molecular flexibility index (Phi) is 5.69. The summed E-state index contributed by atoms with van der Waals surface area (Å²) in [5, 5.41) is 3.41. The fraction of sp³-hybridized carbons (Fsp3) is 0.263. The van der Waals surface area contributed by atoms with Gasteiger partial charge in [0.2, 0.25) is 5.91 Å². The lowest BCUT2D eigenvalue weighted by Crippen LogP contribution is -2.31. The molecule has 0 saturated carbocycles. The zero-order valence-corrected chi connectivity index (χ0v) is 15.7. The Balaban J connectivity index is 1.66. The molecule has 0 radical (unpaired) electrons. The lowest BCUT2D eigenvalue weighted by Gasteiger charge is -2.17. The number of benzene rings is 2. The minimum absolute atomic E-state index is 0.0237. The quantitative estimate of drug-likeness (QED) is 0.841. The Morgan fingerprint density at radius 2 is 1.88 bits per heavy atom. The number of carbonyl (C=O) groups is 2. The number of para-hydroxylation sites is 1. The summed E-state index contributed by atoms with van der Waals surface area (Å²) in [6.07, 6.45) is 0.385. The van der Waals surface area contributed by atoms with Gasteiger partial charge in [-0.05, 0) is 24.3 Å². The molecule has 0 aromatic heterocycles. The van der Waals surface area contributed by atoms with E-state index in [1.165, 1.54) is 7.11 Å². The van der Waals surface area contributed by atoms with E-state index in [1.807, 2.05) is 30.3 Å². The summed E-state index contributed by atoms with van der Waals surface area (Å²) in [6, 6.07) is 12.6. The van der Waals surface area contributed by atoms with Crippen molar-refractivity contribution in [3.63, 3.8) is 0 Å². The van der Waals surface area contributed by atoms with Gasteiger partial charge in [0.05, 0.1) is 17.2 Å². The maximum Gasteiger partial charge on any atom is 0.256 e. The molecule has 2 aromatic rings. The van der Waals surface area contributed by atoms with Crippen molar-refractivity contribution in [2.75, 3.05) is 25.1 Å². The van der Waals surface area contributed by atoms with E-state index in [-0.39, 0.29) is 34.1 Å². The van der Waals surface area contributed by atoms with Crippen molar-refractivity contribution in [3.05, 3.63) is 58.1 Å². The van der Waals surface area contributed by atoms with Crippen molar-refractivity contribution in [2.24, 2.45) is 5.92 Å². The van der Waals surface area contributed by atoms with E-state index in [0.717, 1.165) is 5.69 Å². The van der Waals surface area contributed by atoms with Crippen LogP contribution in [0.2, 0.25) is 10.0 Å². The average Bonchev–Trinajstić information content (AvgIpc) is 3.02. The van der Waals surface area contributed by atoms with Crippen LogP contribution in [0.3, 0.4) is 0 Å². The van der Waals surface area contributed by atoms with E-state index in [9.17, 15) is 9.59 Å². The number of nitrogens with one attached hydrogen (secondary N) is 1. The van der Waals surface area contributed by atoms with Gasteiger partial charge < -0.3 is 15.0 Å². The Morgan fingerprint density at radius 3 is 2.58 bits per heavy atom. The Morgan fingerprint density at radius 1 is 1.19 bits per heavy atom. The molecule has 1 N–H and O–H groups in total. The monoisotopic (exact) mass is 392 g/mol. The van der Waals surface area contributed by atoms with Gasteiger partial charge in [0, 0.05) is 31.1 Å². The number of rotatable bonds is 5. The highest BCUT2D eigenvalue weighted by atomic mass is 35.5. The fourth-order valence-corrected chi connectivity index (χ4v) is 3.51. The summed E-state index contributed by atoms with van der Waals surface area (Å²) in [7, 11) is 1.43. The second-order valence-corrected chi connectivity index (χ2v) is 6.87. The molecule has 0 aliphatic carbocycles. The molecule has 2 aromatic carbocycles. The molecule has 3 rings (SSSR count). The SMILES string of the molecule is COc1c(Cl)ccc(Cl)c1C(=O)NCC1CC(=O)N(c2ccccc2)C1. The van der Waals surface area contributed by atoms with Crippen LogP contribution in [0.5, 0.6) is 5.75 Å². The molecule has 1 aliphatic rings. The van der Waals surface area contributed by atoms with Crippen molar-refractivity contribution in [3.8, 4) is 5.75 Å². The summed E-state index contributed by atoms with van der Waals surface area (Å²) >= 11 is 12.2. The maximum atomic E-state index is 12.6. The standard InChI is InChI=1S/C19H18Cl2N2O3/c1-26-18-15(21)8-7-14(20)17(18)19(25)22-10-12-9-16(24)23(11-12)13-5-3-2-4-6-13/h2-8,12H,9-11H2,1H3,(H,22,25).